The van der Waals surface area contributed by atoms with Crippen LogP contribution in [0.4, 0.5) is 5.69 Å². The molecule has 0 atom stereocenters. The number of nitrogens with one attached hydrogen (secondary N) is 3. The van der Waals surface area contributed by atoms with E-state index in [1.54, 1.807) is 67.7 Å². The van der Waals surface area contributed by atoms with E-state index < -0.39 is 9.84 Å². The maximum atomic E-state index is 13.4. The molecular weight excluding hydrogens is 580 g/mol. The monoisotopic (exact) mass is 610 g/mol. The van der Waals surface area contributed by atoms with Gasteiger partial charge in [-0.25, -0.2) is 8.42 Å². The Hall–Kier alpha value is -5.48. The summed E-state index contributed by atoms with van der Waals surface area (Å²) in [6, 6.07) is 12.9. The number of benzene rings is 2. The molecule has 0 bridgehead atoms. The molecule has 0 saturated carbocycles. The van der Waals surface area contributed by atoms with Crippen LogP contribution in [0.1, 0.15) is 49.5 Å². The fraction of sp³-hybridized carbons (Fsp3) is 0.194. The molecule has 0 unspecified atom stereocenters. The molecule has 3 heterocycles. The molecule has 3 N–H and O–H groups in total. The molecule has 0 fully saturated rings. The number of nitrogens with zero attached hydrogens (tertiary/aromatic N) is 5. The Morgan fingerprint density at radius 2 is 1.77 bits per heavy atom. The second-order valence-corrected chi connectivity index (χ2v) is 12.1. The van der Waals surface area contributed by atoms with Crippen LogP contribution in [0.5, 0.6) is 0 Å². The van der Waals surface area contributed by atoms with Crippen LogP contribution < -0.4 is 10.6 Å². The average molecular weight is 611 g/mol. The van der Waals surface area contributed by atoms with E-state index in [2.05, 4.69) is 42.9 Å². The van der Waals surface area contributed by atoms with Crippen molar-refractivity contribution in [3.8, 4) is 11.8 Å². The standard InChI is InChI=1S/C31H30N8O4S/c1-38-15-13-28(37-38)21-44(42,43)29-12-9-25(30(40)32-14-3-4-23-17-33-34-18-23)16-24(29)8-5-22-6-10-27(11-7-22)36-31(41)26-19-35-39(2)20-26/h6-7,9-13,15-20H,3-4,14,21H2,1-2H3,(H,32,40)(H,33,34)(H,36,41). The van der Waals surface area contributed by atoms with Crippen LogP contribution in [-0.4, -0.2) is 56.5 Å². The molecule has 0 aliphatic carbocycles. The predicted molar refractivity (Wildman–Crippen MR) is 163 cm³/mol. The summed E-state index contributed by atoms with van der Waals surface area (Å²) in [5.41, 5.74) is 3.51. The topological polar surface area (TPSA) is 157 Å². The number of anilines is 1. The Bertz CT molecular complexity index is 1950. The number of hydrogen-bond donors (Lipinski definition) is 3. The van der Waals surface area contributed by atoms with Gasteiger partial charge in [0, 0.05) is 61.6 Å². The van der Waals surface area contributed by atoms with Crippen molar-refractivity contribution in [2.75, 3.05) is 11.9 Å². The highest BCUT2D eigenvalue weighted by Gasteiger charge is 2.22. The molecule has 13 heteroatoms. The summed E-state index contributed by atoms with van der Waals surface area (Å²) in [5, 5.41) is 20.6. The zero-order valence-electron chi connectivity index (χ0n) is 24.1. The summed E-state index contributed by atoms with van der Waals surface area (Å²) in [6.45, 7) is 0.439. The molecule has 12 nitrogen and oxygen atoms in total. The normalized spacial score (nSPS) is 11.0. The first-order chi connectivity index (χ1) is 21.2. The van der Waals surface area contributed by atoms with Crippen molar-refractivity contribution < 1.29 is 18.0 Å². The van der Waals surface area contributed by atoms with Crippen LogP contribution in [0.3, 0.4) is 0 Å². The molecule has 2 aromatic carbocycles. The zero-order valence-corrected chi connectivity index (χ0v) is 24.9. The number of carbonyl (C=O) groups is 2. The quantitative estimate of drug-likeness (QED) is 0.162. The van der Waals surface area contributed by atoms with Crippen molar-refractivity contribution in [3.63, 3.8) is 0 Å². The number of hydrogen-bond acceptors (Lipinski definition) is 7. The van der Waals surface area contributed by atoms with Gasteiger partial charge in [0.25, 0.3) is 11.8 Å². The first kappa shape index (κ1) is 30.0. The van der Waals surface area contributed by atoms with E-state index in [0.29, 0.717) is 41.0 Å². The van der Waals surface area contributed by atoms with E-state index in [9.17, 15) is 18.0 Å². The van der Waals surface area contributed by atoms with Gasteiger partial charge in [-0.05, 0) is 66.9 Å². The van der Waals surface area contributed by atoms with E-state index in [1.165, 1.54) is 29.1 Å². The third-order valence-corrected chi connectivity index (χ3v) is 8.32. The maximum absolute atomic E-state index is 13.4. The lowest BCUT2D eigenvalue weighted by molar-refractivity contribution is 0.0952. The second-order valence-electron chi connectivity index (χ2n) is 10.1. The lowest BCUT2D eigenvalue weighted by atomic mass is 10.1. The Labute approximate surface area is 254 Å². The van der Waals surface area contributed by atoms with Crippen molar-refractivity contribution >= 4 is 27.3 Å². The van der Waals surface area contributed by atoms with Gasteiger partial charge in [0.2, 0.25) is 0 Å². The first-order valence-electron chi connectivity index (χ1n) is 13.7. The largest absolute Gasteiger partial charge is 0.352 e. The number of aromatic nitrogens is 6. The van der Waals surface area contributed by atoms with E-state index in [1.807, 2.05) is 6.20 Å². The number of sulfone groups is 1. The molecule has 5 rings (SSSR count). The Morgan fingerprint density at radius 3 is 2.45 bits per heavy atom. The van der Waals surface area contributed by atoms with Gasteiger partial charge in [0.15, 0.2) is 9.84 Å². The molecule has 0 aliphatic heterocycles. The molecule has 0 aliphatic rings. The lowest BCUT2D eigenvalue weighted by Crippen LogP contribution is -2.25. The van der Waals surface area contributed by atoms with Crippen molar-refractivity contribution in [2.24, 2.45) is 14.1 Å². The summed E-state index contributed by atoms with van der Waals surface area (Å²) in [4.78, 5) is 25.4. The average Bonchev–Trinajstić information content (AvgIpc) is 3.77. The summed E-state index contributed by atoms with van der Waals surface area (Å²) in [5.74, 6) is 5.01. The Kier molecular flexibility index (Phi) is 9.01. The number of rotatable bonds is 10. The smallest absolute Gasteiger partial charge is 0.258 e. The van der Waals surface area contributed by atoms with Crippen molar-refractivity contribution in [1.82, 2.24) is 35.1 Å². The number of amides is 2. The highest BCUT2D eigenvalue weighted by Crippen LogP contribution is 2.22. The lowest BCUT2D eigenvalue weighted by Gasteiger charge is -2.09. The van der Waals surface area contributed by atoms with Crippen LogP contribution >= 0.6 is 0 Å². The van der Waals surface area contributed by atoms with Crippen LogP contribution in [0.15, 0.2) is 84.4 Å². The van der Waals surface area contributed by atoms with E-state index >= 15 is 0 Å². The number of aryl methyl sites for hydroxylation is 3. The molecule has 224 valence electrons. The summed E-state index contributed by atoms with van der Waals surface area (Å²) in [7, 11) is -0.400. The fourth-order valence-corrected chi connectivity index (χ4v) is 5.80. The van der Waals surface area contributed by atoms with Crippen molar-refractivity contribution in [2.45, 2.75) is 23.5 Å². The summed E-state index contributed by atoms with van der Waals surface area (Å²) in [6.07, 6.45) is 9.78. The zero-order chi connectivity index (χ0) is 31.1. The van der Waals surface area contributed by atoms with E-state index in [4.69, 9.17) is 0 Å². The molecular formula is C31H30N8O4S. The first-order valence-corrected chi connectivity index (χ1v) is 15.3. The van der Waals surface area contributed by atoms with Crippen molar-refractivity contribution in [3.05, 3.63) is 113 Å². The minimum Gasteiger partial charge on any atom is -0.352 e. The van der Waals surface area contributed by atoms with Gasteiger partial charge in [0.05, 0.1) is 34.3 Å². The second kappa shape index (κ2) is 13.2. The summed E-state index contributed by atoms with van der Waals surface area (Å²) >= 11 is 0. The molecule has 5 aromatic rings. The van der Waals surface area contributed by atoms with Gasteiger partial charge in [-0.2, -0.15) is 15.3 Å². The van der Waals surface area contributed by atoms with Gasteiger partial charge >= 0.3 is 0 Å². The van der Waals surface area contributed by atoms with Crippen LogP contribution in [0.25, 0.3) is 0 Å². The van der Waals surface area contributed by atoms with E-state index in [0.717, 1.165) is 12.0 Å². The van der Waals surface area contributed by atoms with Gasteiger partial charge in [-0.15, -0.1) is 0 Å². The van der Waals surface area contributed by atoms with Gasteiger partial charge < -0.3 is 10.6 Å². The third-order valence-electron chi connectivity index (χ3n) is 6.62. The van der Waals surface area contributed by atoms with Crippen LogP contribution in [0, 0.1) is 11.8 Å². The maximum Gasteiger partial charge on any atom is 0.258 e. The van der Waals surface area contributed by atoms with Crippen LogP contribution in [-0.2, 0) is 36.1 Å². The minimum atomic E-state index is -3.84. The predicted octanol–water partition coefficient (Wildman–Crippen LogP) is 2.87. The number of carbonyl (C=O) groups excluding carboxylic acids is 2. The summed E-state index contributed by atoms with van der Waals surface area (Å²) < 4.78 is 30.0. The molecule has 0 saturated heterocycles. The van der Waals surface area contributed by atoms with Gasteiger partial charge in [-0.3, -0.25) is 24.1 Å². The van der Waals surface area contributed by atoms with Crippen molar-refractivity contribution in [1.29, 1.82) is 0 Å². The molecule has 44 heavy (non-hydrogen) atoms. The highest BCUT2D eigenvalue weighted by molar-refractivity contribution is 7.90. The van der Waals surface area contributed by atoms with Crippen LogP contribution in [0.2, 0.25) is 0 Å². The molecule has 0 radical (unpaired) electrons. The fourth-order valence-electron chi connectivity index (χ4n) is 4.38. The number of aromatic amines is 1. The minimum absolute atomic E-state index is 0.00696. The SMILES string of the molecule is Cn1cc(C(=O)Nc2ccc(C#Cc3cc(C(=O)NCCCc4cn[nH]c4)ccc3S(=O)(=O)Cc3ccn(C)n3)cc2)cn1. The number of H-pyrrole nitrogens is 1. The molecule has 0 spiro atoms. The van der Waals surface area contributed by atoms with Gasteiger partial charge in [0.1, 0.15) is 0 Å². The third kappa shape index (κ3) is 7.67. The molecule has 3 aromatic heterocycles. The van der Waals surface area contributed by atoms with Gasteiger partial charge in [-0.1, -0.05) is 11.8 Å². The molecule has 2 amide bonds. The van der Waals surface area contributed by atoms with E-state index in [-0.39, 0.29) is 28.0 Å². The Balaban J connectivity index is 1.35. The highest BCUT2D eigenvalue weighted by atomic mass is 32.2. The Morgan fingerprint density at radius 1 is 0.955 bits per heavy atom.